The Bertz CT molecular complexity index is 1020. The third kappa shape index (κ3) is 3.81. The van der Waals surface area contributed by atoms with Crippen LogP contribution in [0.5, 0.6) is 0 Å². The standard InChI is InChI=1S/C20H18Cl2N2O2/c1-11-3-4-13-9-14(19(25)24-18(13)12(11)2)7-8-23-20(26)16-10-15(21)5-6-17(16)22/h3-6,9-10,14H,7-8H2,1-2H3,(H,23,26). The molecule has 1 heterocycles. The van der Waals surface area contributed by atoms with E-state index in [1.807, 2.05) is 32.1 Å². The maximum absolute atomic E-state index is 12.3. The molecule has 4 nitrogen and oxygen atoms in total. The van der Waals surface area contributed by atoms with Crippen molar-refractivity contribution in [1.82, 2.24) is 5.32 Å². The molecular formula is C20H18Cl2N2O2. The molecule has 2 aromatic rings. The molecule has 2 amide bonds. The highest BCUT2D eigenvalue weighted by molar-refractivity contribution is 6.35. The van der Waals surface area contributed by atoms with Gasteiger partial charge < -0.3 is 5.32 Å². The third-order valence-corrected chi connectivity index (χ3v) is 5.13. The van der Waals surface area contributed by atoms with E-state index in [-0.39, 0.29) is 17.7 Å². The molecule has 2 aromatic carbocycles. The van der Waals surface area contributed by atoms with Gasteiger partial charge in [0.1, 0.15) is 0 Å². The van der Waals surface area contributed by atoms with Gasteiger partial charge in [-0.3, -0.25) is 9.59 Å². The van der Waals surface area contributed by atoms with Gasteiger partial charge in [0.2, 0.25) is 0 Å². The minimum absolute atomic E-state index is 0.179. The van der Waals surface area contributed by atoms with Crippen molar-refractivity contribution in [2.75, 3.05) is 6.54 Å². The molecule has 0 aromatic heterocycles. The van der Waals surface area contributed by atoms with Crippen molar-refractivity contribution < 1.29 is 9.59 Å². The van der Waals surface area contributed by atoms with E-state index in [9.17, 15) is 9.59 Å². The normalized spacial score (nSPS) is 15.7. The summed E-state index contributed by atoms with van der Waals surface area (Å²) in [5.74, 6) is -0.842. The van der Waals surface area contributed by atoms with Crippen LogP contribution >= 0.6 is 23.2 Å². The van der Waals surface area contributed by atoms with Gasteiger partial charge in [-0.25, -0.2) is 4.99 Å². The van der Waals surface area contributed by atoms with Crippen LogP contribution in [-0.2, 0) is 4.79 Å². The number of halogens is 2. The first-order valence-corrected chi connectivity index (χ1v) is 9.06. The highest BCUT2D eigenvalue weighted by Gasteiger charge is 2.19. The predicted molar refractivity (Wildman–Crippen MR) is 103 cm³/mol. The molecule has 26 heavy (non-hydrogen) atoms. The molecule has 1 aliphatic heterocycles. The van der Waals surface area contributed by atoms with Crippen molar-refractivity contribution in [1.29, 1.82) is 0 Å². The average molecular weight is 389 g/mol. The second kappa shape index (κ2) is 7.60. The summed E-state index contributed by atoms with van der Waals surface area (Å²) in [7, 11) is 0. The molecule has 3 rings (SSSR count). The number of carbonyl (C=O) groups is 2. The molecule has 0 saturated heterocycles. The van der Waals surface area contributed by atoms with Gasteiger partial charge in [0, 0.05) is 11.6 Å². The summed E-state index contributed by atoms with van der Waals surface area (Å²) in [6, 6.07) is 8.73. The van der Waals surface area contributed by atoms with Crippen LogP contribution in [0.3, 0.4) is 0 Å². The molecule has 0 saturated carbocycles. The quantitative estimate of drug-likeness (QED) is 0.874. The van der Waals surface area contributed by atoms with Crippen molar-refractivity contribution in [2.24, 2.45) is 10.9 Å². The molecule has 0 aliphatic carbocycles. The molecular weight excluding hydrogens is 371 g/mol. The second-order valence-corrected chi connectivity index (χ2v) is 7.18. The molecule has 1 unspecified atom stereocenters. The summed E-state index contributed by atoms with van der Waals surface area (Å²) in [4.78, 5) is 28.8. The zero-order valence-corrected chi connectivity index (χ0v) is 16.0. The van der Waals surface area contributed by atoms with E-state index < -0.39 is 0 Å². The number of hydrogen-bond donors (Lipinski definition) is 1. The number of carbonyl (C=O) groups excluding carboxylic acids is 2. The fraction of sp³-hybridized carbons (Fsp3) is 0.250. The van der Waals surface area contributed by atoms with Crippen molar-refractivity contribution >= 4 is 41.1 Å². The van der Waals surface area contributed by atoms with E-state index in [0.29, 0.717) is 28.6 Å². The zero-order chi connectivity index (χ0) is 18.8. The van der Waals surface area contributed by atoms with Gasteiger partial charge >= 0.3 is 0 Å². The van der Waals surface area contributed by atoms with Gasteiger partial charge in [0.25, 0.3) is 11.8 Å². The minimum atomic E-state index is -0.347. The minimum Gasteiger partial charge on any atom is -0.352 e. The van der Waals surface area contributed by atoms with E-state index in [4.69, 9.17) is 23.2 Å². The monoisotopic (exact) mass is 388 g/mol. The fourth-order valence-electron chi connectivity index (χ4n) is 2.90. The van der Waals surface area contributed by atoms with Crippen LogP contribution in [0.2, 0.25) is 10.0 Å². The Labute approximate surface area is 161 Å². The van der Waals surface area contributed by atoms with Crippen LogP contribution in [0.25, 0.3) is 6.08 Å². The highest BCUT2D eigenvalue weighted by atomic mass is 35.5. The maximum Gasteiger partial charge on any atom is 0.253 e. The topological polar surface area (TPSA) is 58.5 Å². The first-order chi connectivity index (χ1) is 12.4. The molecule has 1 atom stereocenters. The Morgan fingerprint density at radius 1 is 1.19 bits per heavy atom. The number of nitrogens with zero attached hydrogens (tertiary/aromatic N) is 1. The van der Waals surface area contributed by atoms with Gasteiger partial charge in [0.15, 0.2) is 0 Å². The fourth-order valence-corrected chi connectivity index (χ4v) is 3.28. The molecule has 0 spiro atoms. The number of hydrogen-bond acceptors (Lipinski definition) is 2. The summed E-state index contributed by atoms with van der Waals surface area (Å²) in [5, 5.41) is 5.27. The number of amides is 2. The van der Waals surface area contributed by atoms with Gasteiger partial charge in [-0.05, 0) is 54.8 Å². The lowest BCUT2D eigenvalue weighted by atomic mass is 9.98. The summed E-state index contributed by atoms with van der Waals surface area (Å²) < 4.78 is 0. The maximum atomic E-state index is 12.3. The molecule has 1 aliphatic rings. The van der Waals surface area contributed by atoms with Gasteiger partial charge in [-0.2, -0.15) is 0 Å². The molecule has 0 radical (unpaired) electrons. The summed E-state index contributed by atoms with van der Waals surface area (Å²) in [6.07, 6.45) is 2.40. The van der Waals surface area contributed by atoms with Crippen LogP contribution in [0.15, 0.2) is 35.3 Å². The van der Waals surface area contributed by atoms with Crippen LogP contribution in [0, 0.1) is 19.8 Å². The van der Waals surface area contributed by atoms with Crippen LogP contribution in [0.4, 0.5) is 0 Å². The molecule has 0 fully saturated rings. The number of benzene rings is 2. The lowest BCUT2D eigenvalue weighted by Crippen LogP contribution is -2.37. The summed E-state index contributed by atoms with van der Waals surface area (Å²) >= 11 is 11.9. The highest BCUT2D eigenvalue weighted by Crippen LogP contribution is 2.20. The Balaban J connectivity index is 1.69. The van der Waals surface area contributed by atoms with E-state index in [0.717, 1.165) is 21.7 Å². The zero-order valence-electron chi connectivity index (χ0n) is 14.5. The van der Waals surface area contributed by atoms with Crippen LogP contribution in [0.1, 0.15) is 27.9 Å². The van der Waals surface area contributed by atoms with E-state index in [2.05, 4.69) is 10.3 Å². The Morgan fingerprint density at radius 2 is 1.96 bits per heavy atom. The van der Waals surface area contributed by atoms with E-state index >= 15 is 0 Å². The smallest absolute Gasteiger partial charge is 0.253 e. The third-order valence-electron chi connectivity index (χ3n) is 4.57. The lowest BCUT2D eigenvalue weighted by Gasteiger charge is -2.14. The lowest BCUT2D eigenvalue weighted by molar-refractivity contribution is -0.120. The van der Waals surface area contributed by atoms with Gasteiger partial charge in [-0.15, -0.1) is 0 Å². The van der Waals surface area contributed by atoms with E-state index in [1.54, 1.807) is 12.1 Å². The predicted octanol–water partition coefficient (Wildman–Crippen LogP) is 2.99. The molecule has 1 N–H and O–H groups in total. The average Bonchev–Trinajstić information content (AvgIpc) is 2.61. The SMILES string of the molecule is Cc1ccc2c(c1C)=NC(=O)C(CCNC(=O)c1cc(Cl)ccc1Cl)C=2. The first-order valence-electron chi connectivity index (χ1n) is 8.30. The Kier molecular flexibility index (Phi) is 5.44. The Morgan fingerprint density at radius 3 is 2.73 bits per heavy atom. The number of nitrogens with one attached hydrogen (secondary N) is 1. The number of aryl methyl sites for hydroxylation is 1. The molecule has 0 bridgehead atoms. The number of rotatable bonds is 4. The van der Waals surface area contributed by atoms with Crippen molar-refractivity contribution in [3.63, 3.8) is 0 Å². The largest absolute Gasteiger partial charge is 0.352 e. The van der Waals surface area contributed by atoms with Crippen LogP contribution < -0.4 is 15.9 Å². The second-order valence-electron chi connectivity index (χ2n) is 6.34. The number of fused-ring (bicyclic) bond motifs is 1. The Hall–Kier alpha value is -2.17. The van der Waals surface area contributed by atoms with Crippen molar-refractivity contribution in [3.8, 4) is 0 Å². The van der Waals surface area contributed by atoms with Gasteiger partial charge in [0.05, 0.1) is 21.9 Å². The van der Waals surface area contributed by atoms with Crippen molar-refractivity contribution in [3.05, 3.63) is 67.6 Å². The van der Waals surface area contributed by atoms with Crippen molar-refractivity contribution in [2.45, 2.75) is 20.3 Å². The summed E-state index contributed by atoms with van der Waals surface area (Å²) in [5.41, 5.74) is 2.45. The van der Waals surface area contributed by atoms with Crippen LogP contribution in [-0.4, -0.2) is 18.4 Å². The molecule has 134 valence electrons. The first kappa shape index (κ1) is 18.6. The van der Waals surface area contributed by atoms with E-state index in [1.165, 1.54) is 6.07 Å². The summed E-state index contributed by atoms with van der Waals surface area (Å²) in [6.45, 7) is 4.30. The molecule has 6 heteroatoms. The van der Waals surface area contributed by atoms with Gasteiger partial charge in [-0.1, -0.05) is 41.4 Å².